The van der Waals surface area contributed by atoms with Crippen molar-refractivity contribution in [1.29, 1.82) is 0 Å². The third-order valence-corrected chi connectivity index (χ3v) is 3.61. The average molecular weight is 199 g/mol. The number of hydrogen-bond acceptors (Lipinski definition) is 1. The Morgan fingerprint density at radius 1 is 1.07 bits per heavy atom. The average Bonchev–Trinajstić information content (AvgIpc) is 2.32. The highest BCUT2D eigenvalue weighted by molar-refractivity contribution is 5.16. The van der Waals surface area contributed by atoms with Crippen molar-refractivity contribution in [3.05, 3.63) is 48.0 Å². The molecule has 1 nitrogen and oxygen atoms in total. The molecule has 1 heteroatoms. The van der Waals surface area contributed by atoms with Gasteiger partial charge in [-0.05, 0) is 24.3 Å². The van der Waals surface area contributed by atoms with Crippen molar-refractivity contribution in [3.63, 3.8) is 0 Å². The molecular weight excluding hydrogens is 182 g/mol. The van der Waals surface area contributed by atoms with E-state index >= 15 is 0 Å². The Kier molecular flexibility index (Phi) is 2.34. The van der Waals surface area contributed by atoms with E-state index in [1.807, 2.05) is 0 Å². The molecule has 78 valence electrons. The summed E-state index contributed by atoms with van der Waals surface area (Å²) in [5, 5.41) is 0. The molecular formula is C14H17N. The Hall–Kier alpha value is -1.08. The Balaban J connectivity index is 1.72. The van der Waals surface area contributed by atoms with E-state index in [2.05, 4.69) is 47.4 Å². The number of nitrogens with zero attached hydrogens (tertiary/aromatic N) is 1. The highest BCUT2D eigenvalue weighted by atomic mass is 15.2. The summed E-state index contributed by atoms with van der Waals surface area (Å²) in [6.07, 6.45) is 7.57. The fourth-order valence-corrected chi connectivity index (χ4v) is 2.76. The van der Waals surface area contributed by atoms with Gasteiger partial charge in [-0.3, -0.25) is 4.90 Å². The minimum absolute atomic E-state index is 0.704. The molecule has 0 aromatic heterocycles. The highest BCUT2D eigenvalue weighted by Crippen LogP contribution is 2.30. The molecule has 2 bridgehead atoms. The van der Waals surface area contributed by atoms with Crippen molar-refractivity contribution in [2.45, 2.75) is 25.4 Å². The zero-order chi connectivity index (χ0) is 10.1. The van der Waals surface area contributed by atoms with Crippen molar-refractivity contribution in [2.24, 2.45) is 5.92 Å². The molecule has 1 aliphatic carbocycles. The maximum absolute atomic E-state index is 2.61. The second kappa shape index (κ2) is 3.82. The van der Waals surface area contributed by atoms with Gasteiger partial charge in [0.1, 0.15) is 0 Å². The predicted octanol–water partition coefficient (Wildman–Crippen LogP) is 2.84. The van der Waals surface area contributed by atoms with Crippen molar-refractivity contribution in [2.75, 3.05) is 6.54 Å². The van der Waals surface area contributed by atoms with Gasteiger partial charge in [0, 0.05) is 19.1 Å². The van der Waals surface area contributed by atoms with Gasteiger partial charge >= 0.3 is 0 Å². The van der Waals surface area contributed by atoms with E-state index in [1.54, 1.807) is 0 Å². The van der Waals surface area contributed by atoms with E-state index in [0.29, 0.717) is 6.04 Å². The van der Waals surface area contributed by atoms with E-state index in [4.69, 9.17) is 0 Å². The SMILES string of the molecule is C1=C[C@H]2CCC1CN2Cc1ccccc1. The van der Waals surface area contributed by atoms with Gasteiger partial charge in [0.2, 0.25) is 0 Å². The Bertz CT molecular complexity index is 355. The van der Waals surface area contributed by atoms with Crippen molar-refractivity contribution in [1.82, 2.24) is 4.90 Å². The van der Waals surface area contributed by atoms with Gasteiger partial charge in [0.05, 0.1) is 0 Å². The smallest absolute Gasteiger partial charge is 0.0282 e. The van der Waals surface area contributed by atoms with Gasteiger partial charge in [0.25, 0.3) is 0 Å². The number of hydrogen-bond donors (Lipinski definition) is 0. The molecule has 15 heavy (non-hydrogen) atoms. The molecule has 0 N–H and O–H groups in total. The maximum Gasteiger partial charge on any atom is 0.0282 e. The van der Waals surface area contributed by atoms with Gasteiger partial charge in [-0.1, -0.05) is 42.5 Å². The van der Waals surface area contributed by atoms with Crippen LogP contribution in [-0.4, -0.2) is 17.5 Å². The molecule has 1 unspecified atom stereocenters. The van der Waals surface area contributed by atoms with Crippen molar-refractivity contribution >= 4 is 0 Å². The summed E-state index contributed by atoms with van der Waals surface area (Å²) in [4.78, 5) is 2.61. The Morgan fingerprint density at radius 3 is 2.53 bits per heavy atom. The first kappa shape index (κ1) is 9.17. The van der Waals surface area contributed by atoms with Crippen molar-refractivity contribution in [3.8, 4) is 0 Å². The second-order valence-corrected chi connectivity index (χ2v) is 4.70. The quantitative estimate of drug-likeness (QED) is 0.662. The first-order valence-electron chi connectivity index (χ1n) is 5.88. The van der Waals surface area contributed by atoms with Crippen LogP contribution < -0.4 is 0 Å². The number of benzene rings is 1. The molecule has 2 heterocycles. The monoisotopic (exact) mass is 199 g/mol. The summed E-state index contributed by atoms with van der Waals surface area (Å²) in [5.41, 5.74) is 1.44. The van der Waals surface area contributed by atoms with Crippen LogP contribution in [0, 0.1) is 5.92 Å². The van der Waals surface area contributed by atoms with Crippen LogP contribution in [0.4, 0.5) is 0 Å². The summed E-state index contributed by atoms with van der Waals surface area (Å²) in [6.45, 7) is 2.38. The Morgan fingerprint density at radius 2 is 1.93 bits per heavy atom. The van der Waals surface area contributed by atoms with Gasteiger partial charge in [-0.2, -0.15) is 0 Å². The van der Waals surface area contributed by atoms with E-state index in [1.165, 1.54) is 24.9 Å². The first-order valence-corrected chi connectivity index (χ1v) is 5.88. The molecule has 2 aliphatic heterocycles. The van der Waals surface area contributed by atoms with Gasteiger partial charge < -0.3 is 0 Å². The lowest BCUT2D eigenvalue weighted by Crippen LogP contribution is -2.44. The highest BCUT2D eigenvalue weighted by Gasteiger charge is 2.29. The fourth-order valence-electron chi connectivity index (χ4n) is 2.76. The normalized spacial score (nSPS) is 29.6. The molecule has 1 aromatic rings. The molecule has 2 atom stereocenters. The molecule has 3 aliphatic rings. The van der Waals surface area contributed by atoms with Crippen LogP contribution in [-0.2, 0) is 6.54 Å². The van der Waals surface area contributed by atoms with Crippen LogP contribution in [0.15, 0.2) is 42.5 Å². The van der Waals surface area contributed by atoms with Crippen LogP contribution in [0.1, 0.15) is 18.4 Å². The van der Waals surface area contributed by atoms with Crippen LogP contribution in [0.5, 0.6) is 0 Å². The van der Waals surface area contributed by atoms with Gasteiger partial charge in [0.15, 0.2) is 0 Å². The molecule has 0 radical (unpaired) electrons. The lowest BCUT2D eigenvalue weighted by atomic mass is 9.86. The predicted molar refractivity (Wildman–Crippen MR) is 62.5 cm³/mol. The van der Waals surface area contributed by atoms with E-state index in [0.717, 1.165) is 12.5 Å². The summed E-state index contributed by atoms with van der Waals surface area (Å²) in [6, 6.07) is 11.5. The zero-order valence-corrected chi connectivity index (χ0v) is 8.97. The standard InChI is InChI=1S/C14H17N/c1-2-4-12(5-3-1)10-15-11-13-6-8-14(15)9-7-13/h1-6,8,13-14H,7,9-11H2/t13?,14-/m0/s1. The second-order valence-electron chi connectivity index (χ2n) is 4.70. The lowest BCUT2D eigenvalue weighted by molar-refractivity contribution is 0.129. The zero-order valence-electron chi connectivity index (χ0n) is 8.97. The summed E-state index contributed by atoms with van der Waals surface area (Å²) >= 11 is 0. The molecule has 0 saturated carbocycles. The minimum Gasteiger partial charge on any atom is -0.292 e. The van der Waals surface area contributed by atoms with Gasteiger partial charge in [-0.25, -0.2) is 0 Å². The topological polar surface area (TPSA) is 3.24 Å². The van der Waals surface area contributed by atoms with E-state index in [-0.39, 0.29) is 0 Å². The molecule has 0 amide bonds. The fraction of sp³-hybridized carbons (Fsp3) is 0.429. The minimum atomic E-state index is 0.704. The number of fused-ring (bicyclic) bond motifs is 2. The third kappa shape index (κ3) is 1.84. The van der Waals surface area contributed by atoms with Crippen LogP contribution in [0.2, 0.25) is 0 Å². The van der Waals surface area contributed by atoms with Crippen LogP contribution >= 0.6 is 0 Å². The van der Waals surface area contributed by atoms with E-state index < -0.39 is 0 Å². The van der Waals surface area contributed by atoms with Crippen LogP contribution in [0.3, 0.4) is 0 Å². The van der Waals surface area contributed by atoms with Crippen molar-refractivity contribution < 1.29 is 0 Å². The largest absolute Gasteiger partial charge is 0.292 e. The van der Waals surface area contributed by atoms with E-state index in [9.17, 15) is 0 Å². The summed E-state index contributed by atoms with van der Waals surface area (Å²) in [5.74, 6) is 0.818. The molecule has 4 rings (SSSR count). The Labute approximate surface area is 91.4 Å². The van der Waals surface area contributed by atoms with Gasteiger partial charge in [-0.15, -0.1) is 0 Å². The first-order chi connectivity index (χ1) is 7.42. The number of rotatable bonds is 2. The molecule has 0 spiro atoms. The summed E-state index contributed by atoms with van der Waals surface area (Å²) < 4.78 is 0. The molecule has 1 aromatic carbocycles. The number of piperidine rings is 1. The molecule has 1 saturated heterocycles. The summed E-state index contributed by atoms with van der Waals surface area (Å²) in [7, 11) is 0. The molecule has 1 fully saturated rings. The maximum atomic E-state index is 2.61. The van der Waals surface area contributed by atoms with Crippen LogP contribution in [0.25, 0.3) is 0 Å². The lowest BCUT2D eigenvalue weighted by Gasteiger charge is -2.41. The third-order valence-electron chi connectivity index (χ3n) is 3.61.